The predicted octanol–water partition coefficient (Wildman–Crippen LogP) is 12.4. The van der Waals surface area contributed by atoms with Gasteiger partial charge in [0.15, 0.2) is 6.10 Å². The van der Waals surface area contributed by atoms with Crippen molar-refractivity contribution in [3.8, 4) is 0 Å². The molecule has 0 aromatic rings. The highest BCUT2D eigenvalue weighted by molar-refractivity contribution is 7.47. The van der Waals surface area contributed by atoms with Crippen LogP contribution >= 0.6 is 7.82 Å². The van der Waals surface area contributed by atoms with Crippen molar-refractivity contribution in [2.45, 2.75) is 135 Å². The second-order valence-electron chi connectivity index (χ2n) is 15.9. The van der Waals surface area contributed by atoms with Gasteiger partial charge < -0.3 is 24.0 Å². The zero-order chi connectivity index (χ0) is 46.5. The molecule has 0 aromatic heterocycles. The topological polar surface area (TPSA) is 129 Å². The number of quaternary nitrogens is 1. The number of hydrogen-bond acceptors (Lipinski definition) is 8. The maximum atomic E-state index is 12.7. The lowest BCUT2D eigenvalue weighted by molar-refractivity contribution is -0.870. The summed E-state index contributed by atoms with van der Waals surface area (Å²) in [5.74, 6) is -1.09. The highest BCUT2D eigenvalue weighted by Gasteiger charge is 2.27. The van der Waals surface area contributed by atoms with Crippen molar-refractivity contribution in [3.05, 3.63) is 134 Å². The molecule has 0 bridgehead atoms. The summed E-state index contributed by atoms with van der Waals surface area (Å²) >= 11 is 0. The summed E-state index contributed by atoms with van der Waals surface area (Å²) in [4.78, 5) is 35.4. The molecular formula is C52H83NO9P+. The number of aliphatic hydroxyl groups excluding tert-OH is 1. The van der Waals surface area contributed by atoms with E-state index in [1.54, 1.807) is 18.2 Å². The van der Waals surface area contributed by atoms with Crippen molar-refractivity contribution in [3.63, 3.8) is 0 Å². The molecular weight excluding hydrogens is 814 g/mol. The zero-order valence-electron chi connectivity index (χ0n) is 39.4. The number of aliphatic hydroxyl groups is 1. The Morgan fingerprint density at radius 2 is 1.08 bits per heavy atom. The first-order valence-electron chi connectivity index (χ1n) is 23.0. The average molecular weight is 897 g/mol. The van der Waals surface area contributed by atoms with Crippen LogP contribution in [-0.2, 0) is 32.7 Å². The van der Waals surface area contributed by atoms with Gasteiger partial charge in [0.1, 0.15) is 19.8 Å². The number of nitrogens with zero attached hydrogens (tertiary/aromatic N) is 1. The molecule has 0 fully saturated rings. The fourth-order valence-electron chi connectivity index (χ4n) is 5.16. The Bertz CT molecular complexity index is 1540. The summed E-state index contributed by atoms with van der Waals surface area (Å²) in [6.45, 7) is 3.95. The van der Waals surface area contributed by atoms with Gasteiger partial charge in [0.25, 0.3) is 0 Å². The van der Waals surface area contributed by atoms with Crippen molar-refractivity contribution in [2.75, 3.05) is 47.5 Å². The highest BCUT2D eigenvalue weighted by atomic mass is 31.2. The number of allylic oxidation sites excluding steroid dienone is 20. The lowest BCUT2D eigenvalue weighted by Crippen LogP contribution is -2.37. The second kappa shape index (κ2) is 42.1. The van der Waals surface area contributed by atoms with E-state index in [1.165, 1.54) is 25.7 Å². The van der Waals surface area contributed by atoms with Crippen LogP contribution in [-0.4, -0.2) is 86.1 Å². The molecule has 63 heavy (non-hydrogen) atoms. The molecule has 0 aliphatic heterocycles. The molecule has 0 spiro atoms. The lowest BCUT2D eigenvalue weighted by atomic mass is 10.2. The number of phosphoric acid groups is 1. The van der Waals surface area contributed by atoms with E-state index in [0.29, 0.717) is 30.3 Å². The van der Waals surface area contributed by atoms with Crippen LogP contribution in [0, 0.1) is 0 Å². The minimum Gasteiger partial charge on any atom is -0.462 e. The fraction of sp³-hybridized carbons (Fsp3) is 0.538. The van der Waals surface area contributed by atoms with Crippen molar-refractivity contribution in [2.24, 2.45) is 0 Å². The van der Waals surface area contributed by atoms with Gasteiger partial charge in [-0.15, -0.1) is 0 Å². The first-order chi connectivity index (χ1) is 30.4. The molecule has 0 radical (unpaired) electrons. The van der Waals surface area contributed by atoms with Gasteiger partial charge >= 0.3 is 19.8 Å². The Morgan fingerprint density at radius 1 is 0.587 bits per heavy atom. The fourth-order valence-corrected chi connectivity index (χ4v) is 5.90. The van der Waals surface area contributed by atoms with Crippen LogP contribution < -0.4 is 0 Å². The first-order valence-corrected chi connectivity index (χ1v) is 24.5. The third-order valence-corrected chi connectivity index (χ3v) is 9.76. The molecule has 354 valence electrons. The number of ether oxygens (including phenoxy) is 2. The number of carbonyl (C=O) groups excluding carboxylic acids is 2. The van der Waals surface area contributed by atoms with Crippen molar-refractivity contribution >= 4 is 19.8 Å². The van der Waals surface area contributed by atoms with Crippen LogP contribution in [0.3, 0.4) is 0 Å². The van der Waals surface area contributed by atoms with E-state index in [1.807, 2.05) is 51.5 Å². The minimum absolute atomic E-state index is 0.00978. The number of unbranched alkanes of at least 4 members (excludes halogenated alkanes) is 3. The molecule has 2 N–H and O–H groups in total. The smallest absolute Gasteiger partial charge is 0.462 e. The first kappa shape index (κ1) is 59.1. The number of hydrogen-bond donors (Lipinski definition) is 2. The molecule has 0 amide bonds. The van der Waals surface area contributed by atoms with Crippen molar-refractivity contribution in [1.82, 2.24) is 0 Å². The standard InChI is InChI=1S/C52H82NO9P/c1-6-8-10-12-14-16-18-20-21-22-23-24-25-27-29-31-33-35-39-43-51(55)59-47-50(48-61-63(57,58)60-46-45-53(3,4)5)62-52(56)44-40-36-38-42-49(54)41-37-34-32-30-28-26-19-17-15-13-11-9-7-2/h9,11,14-17,20-21,23-24,26-29,32-38,41,49-50,54H,6-8,10,12-13,18-19,22,25,30-31,39-40,42-48H2,1-5H3/p+1/b11-9-,16-14-,17-15-,21-20-,24-23-,28-26-,29-27-,34-32-,35-33-,38-36-,41-37-/t49?,50-/m1/s1. The van der Waals surface area contributed by atoms with Crippen molar-refractivity contribution in [1.29, 1.82) is 0 Å². The van der Waals surface area contributed by atoms with E-state index >= 15 is 0 Å². The molecule has 0 aliphatic carbocycles. The maximum Gasteiger partial charge on any atom is 0.472 e. The minimum atomic E-state index is -4.45. The summed E-state index contributed by atoms with van der Waals surface area (Å²) in [6.07, 6.45) is 57.0. The highest BCUT2D eigenvalue weighted by Crippen LogP contribution is 2.43. The molecule has 10 nitrogen and oxygen atoms in total. The third-order valence-electron chi connectivity index (χ3n) is 8.77. The van der Waals surface area contributed by atoms with Gasteiger partial charge in [-0.05, 0) is 83.5 Å². The van der Waals surface area contributed by atoms with Gasteiger partial charge in [-0.25, -0.2) is 4.57 Å². The summed E-state index contributed by atoms with van der Waals surface area (Å²) < 4.78 is 34.1. The van der Waals surface area contributed by atoms with Gasteiger partial charge in [0.2, 0.25) is 0 Å². The Hall–Kier alpha value is -3.89. The van der Waals surface area contributed by atoms with Gasteiger partial charge in [0, 0.05) is 12.8 Å². The molecule has 3 atom stereocenters. The van der Waals surface area contributed by atoms with Crippen LogP contribution in [0.4, 0.5) is 0 Å². The van der Waals surface area contributed by atoms with E-state index in [9.17, 15) is 24.2 Å². The molecule has 0 saturated heterocycles. The number of phosphoric ester groups is 1. The Kier molecular flexibility index (Phi) is 39.5. The monoisotopic (exact) mass is 897 g/mol. The second-order valence-corrected chi connectivity index (χ2v) is 17.3. The van der Waals surface area contributed by atoms with E-state index in [0.717, 1.165) is 51.4 Å². The number of rotatable bonds is 39. The summed E-state index contributed by atoms with van der Waals surface area (Å²) in [7, 11) is 1.30. The predicted molar refractivity (Wildman–Crippen MR) is 262 cm³/mol. The lowest BCUT2D eigenvalue weighted by Gasteiger charge is -2.24. The normalized spacial score (nSPS) is 15.2. The Labute approximate surface area is 382 Å². The molecule has 0 heterocycles. The summed E-state index contributed by atoms with van der Waals surface area (Å²) in [5.41, 5.74) is 0. The van der Waals surface area contributed by atoms with Crippen LogP contribution in [0.1, 0.15) is 123 Å². The maximum absolute atomic E-state index is 12.7. The van der Waals surface area contributed by atoms with Crippen LogP contribution in [0.2, 0.25) is 0 Å². The van der Waals surface area contributed by atoms with E-state index in [4.69, 9.17) is 18.5 Å². The summed E-state index contributed by atoms with van der Waals surface area (Å²) in [5, 5.41) is 10.2. The Morgan fingerprint density at radius 3 is 1.62 bits per heavy atom. The molecule has 11 heteroatoms. The molecule has 0 saturated carbocycles. The molecule has 0 aliphatic rings. The quantitative estimate of drug-likeness (QED) is 0.0155. The van der Waals surface area contributed by atoms with Crippen LogP contribution in [0.25, 0.3) is 0 Å². The molecule has 0 aromatic carbocycles. The van der Waals surface area contributed by atoms with Gasteiger partial charge in [0.05, 0.1) is 33.9 Å². The van der Waals surface area contributed by atoms with E-state index in [-0.39, 0.29) is 26.1 Å². The summed E-state index contributed by atoms with van der Waals surface area (Å²) in [6, 6.07) is 0. The zero-order valence-corrected chi connectivity index (χ0v) is 40.2. The van der Waals surface area contributed by atoms with Gasteiger partial charge in [-0.1, -0.05) is 160 Å². The van der Waals surface area contributed by atoms with Crippen LogP contribution in [0.15, 0.2) is 134 Å². The SMILES string of the molecule is CC/C=C\C/C=C\C/C=C\C/C=C\C=C/C(O)C/C=C\CCC(=O)O[C@H](COC(=O)CC/C=C\C/C=C\C/C=C\C/C=C\C/C=C\CCCCC)COP(=O)(O)OCC[N+](C)(C)C. The van der Waals surface area contributed by atoms with E-state index < -0.39 is 38.6 Å². The average Bonchev–Trinajstić information content (AvgIpc) is 3.23. The van der Waals surface area contributed by atoms with Crippen LogP contribution in [0.5, 0.6) is 0 Å². The number of carbonyl (C=O) groups is 2. The van der Waals surface area contributed by atoms with Gasteiger partial charge in [-0.3, -0.25) is 18.6 Å². The largest absolute Gasteiger partial charge is 0.472 e. The number of likely N-dealkylation sites (N-methyl/N-ethyl adjacent to an activating group) is 1. The molecule has 2 unspecified atom stereocenters. The van der Waals surface area contributed by atoms with E-state index in [2.05, 4.69) is 98.9 Å². The van der Waals surface area contributed by atoms with Gasteiger partial charge in [-0.2, -0.15) is 0 Å². The van der Waals surface area contributed by atoms with Crippen molar-refractivity contribution < 1.29 is 47.2 Å². The Balaban J connectivity index is 4.70. The third kappa shape index (κ3) is 45.9. The molecule has 0 rings (SSSR count). The number of esters is 2.